The van der Waals surface area contributed by atoms with Crippen LogP contribution in [0.2, 0.25) is 0 Å². The van der Waals surface area contributed by atoms with Gasteiger partial charge in [0.25, 0.3) is 0 Å². The zero-order chi connectivity index (χ0) is 11.5. The Morgan fingerprint density at radius 2 is 2.38 bits per heavy atom. The summed E-state index contributed by atoms with van der Waals surface area (Å²) in [5.41, 5.74) is 0.805. The summed E-state index contributed by atoms with van der Waals surface area (Å²) in [4.78, 5) is 0. The van der Waals surface area contributed by atoms with Gasteiger partial charge < -0.3 is 9.84 Å². The van der Waals surface area contributed by atoms with Gasteiger partial charge >= 0.3 is 0 Å². The first-order valence-electron chi connectivity index (χ1n) is 5.36. The van der Waals surface area contributed by atoms with Crippen molar-refractivity contribution in [3.63, 3.8) is 0 Å². The Morgan fingerprint density at radius 3 is 3.06 bits per heavy atom. The molecule has 1 aliphatic rings. The van der Waals surface area contributed by atoms with Crippen molar-refractivity contribution in [3.8, 4) is 0 Å². The quantitative estimate of drug-likeness (QED) is 0.926. The number of aliphatic hydroxyl groups is 1. The van der Waals surface area contributed by atoms with Gasteiger partial charge in [-0.05, 0) is 36.6 Å². The van der Waals surface area contributed by atoms with Crippen molar-refractivity contribution in [1.82, 2.24) is 0 Å². The highest BCUT2D eigenvalue weighted by Gasteiger charge is 2.24. The molecule has 1 aliphatic heterocycles. The lowest BCUT2D eigenvalue weighted by molar-refractivity contribution is 0.0917. The predicted octanol–water partition coefficient (Wildman–Crippen LogP) is 2.53. The van der Waals surface area contributed by atoms with E-state index in [4.69, 9.17) is 4.74 Å². The minimum Gasteiger partial charge on any atom is -0.392 e. The summed E-state index contributed by atoms with van der Waals surface area (Å²) in [5, 5.41) is 9.99. The maximum absolute atomic E-state index is 13.0. The largest absolute Gasteiger partial charge is 0.392 e. The smallest absolute Gasteiger partial charge is 0.123 e. The second-order valence-electron chi connectivity index (χ2n) is 4.13. The average Bonchev–Trinajstić information content (AvgIpc) is 2.76. The number of hydrogen-bond donors (Lipinski definition) is 1. The van der Waals surface area contributed by atoms with Crippen LogP contribution < -0.4 is 0 Å². The van der Waals surface area contributed by atoms with Crippen molar-refractivity contribution in [2.75, 3.05) is 13.2 Å². The van der Waals surface area contributed by atoms with Gasteiger partial charge in [-0.15, -0.1) is 0 Å². The third-order valence-corrected chi connectivity index (χ3v) is 3.72. The van der Waals surface area contributed by atoms with Crippen LogP contribution in [0.3, 0.4) is 0 Å². The molecule has 2 atom stereocenters. The molecule has 2 rings (SSSR count). The molecular weight excluding hydrogens is 275 g/mol. The van der Waals surface area contributed by atoms with Crippen LogP contribution in [-0.2, 0) is 11.2 Å². The molecule has 1 N–H and O–H groups in total. The van der Waals surface area contributed by atoms with E-state index in [0.29, 0.717) is 19.6 Å². The zero-order valence-corrected chi connectivity index (χ0v) is 10.4. The summed E-state index contributed by atoms with van der Waals surface area (Å²) >= 11 is 3.36. The van der Waals surface area contributed by atoms with Crippen LogP contribution in [0.5, 0.6) is 0 Å². The number of halogens is 2. The van der Waals surface area contributed by atoms with E-state index >= 15 is 0 Å². The third kappa shape index (κ3) is 2.81. The molecule has 2 unspecified atom stereocenters. The molecule has 88 valence electrons. The van der Waals surface area contributed by atoms with E-state index < -0.39 is 6.10 Å². The van der Waals surface area contributed by atoms with E-state index in [1.165, 1.54) is 12.1 Å². The number of ether oxygens (including phenoxy) is 1. The summed E-state index contributed by atoms with van der Waals surface area (Å²) in [7, 11) is 0. The molecule has 0 spiro atoms. The van der Waals surface area contributed by atoms with Crippen molar-refractivity contribution in [3.05, 3.63) is 34.1 Å². The number of hydrogen-bond acceptors (Lipinski definition) is 2. The molecule has 0 bridgehead atoms. The Hall–Kier alpha value is -0.450. The van der Waals surface area contributed by atoms with Crippen molar-refractivity contribution < 1.29 is 14.2 Å². The molecule has 4 heteroatoms. The van der Waals surface area contributed by atoms with Gasteiger partial charge in [0.15, 0.2) is 0 Å². The highest BCUT2D eigenvalue weighted by molar-refractivity contribution is 9.10. The average molecular weight is 289 g/mol. The van der Waals surface area contributed by atoms with E-state index in [1.54, 1.807) is 6.07 Å². The Kier molecular flexibility index (Phi) is 3.95. The van der Waals surface area contributed by atoms with Crippen molar-refractivity contribution in [2.45, 2.75) is 18.9 Å². The first kappa shape index (κ1) is 12.0. The van der Waals surface area contributed by atoms with Crippen molar-refractivity contribution in [1.29, 1.82) is 0 Å². The van der Waals surface area contributed by atoms with E-state index in [1.807, 2.05) is 0 Å². The molecule has 1 aromatic carbocycles. The van der Waals surface area contributed by atoms with E-state index in [-0.39, 0.29) is 11.7 Å². The number of benzene rings is 1. The molecule has 0 radical (unpaired) electrons. The molecule has 0 amide bonds. The maximum Gasteiger partial charge on any atom is 0.123 e. The second-order valence-corrected chi connectivity index (χ2v) is 4.99. The molecule has 1 fully saturated rings. The topological polar surface area (TPSA) is 29.5 Å². The minimum absolute atomic E-state index is 0.176. The number of aliphatic hydroxyl groups excluding tert-OH is 1. The van der Waals surface area contributed by atoms with E-state index in [2.05, 4.69) is 15.9 Å². The fourth-order valence-corrected chi connectivity index (χ4v) is 2.36. The van der Waals surface area contributed by atoms with Crippen LogP contribution in [0, 0.1) is 11.7 Å². The van der Waals surface area contributed by atoms with Crippen LogP contribution in [-0.4, -0.2) is 24.4 Å². The monoisotopic (exact) mass is 288 g/mol. The third-order valence-electron chi connectivity index (χ3n) is 2.95. The van der Waals surface area contributed by atoms with Crippen molar-refractivity contribution in [2.24, 2.45) is 5.92 Å². The van der Waals surface area contributed by atoms with E-state index in [9.17, 15) is 9.50 Å². The van der Waals surface area contributed by atoms with Gasteiger partial charge in [-0.3, -0.25) is 0 Å². The lowest BCUT2D eigenvalue weighted by atomic mass is 9.95. The minimum atomic E-state index is -0.458. The van der Waals surface area contributed by atoms with Gasteiger partial charge in [-0.25, -0.2) is 4.39 Å². The molecular formula is C12H14BrFO2. The van der Waals surface area contributed by atoms with Gasteiger partial charge in [-0.1, -0.05) is 15.9 Å². The SMILES string of the molecule is OC(Cc1cc(F)ccc1Br)C1CCOC1. The molecule has 0 aliphatic carbocycles. The van der Waals surface area contributed by atoms with E-state index in [0.717, 1.165) is 16.5 Å². The second kappa shape index (κ2) is 5.25. The summed E-state index contributed by atoms with van der Waals surface area (Å²) in [6, 6.07) is 4.53. The summed E-state index contributed by atoms with van der Waals surface area (Å²) < 4.78 is 19.1. The Labute approximate surface area is 103 Å². The van der Waals surface area contributed by atoms with Crippen LogP contribution in [0.1, 0.15) is 12.0 Å². The Morgan fingerprint density at radius 1 is 1.56 bits per heavy atom. The van der Waals surface area contributed by atoms with Crippen molar-refractivity contribution >= 4 is 15.9 Å². The van der Waals surface area contributed by atoms with Gasteiger partial charge in [0, 0.05) is 17.0 Å². The lowest BCUT2D eigenvalue weighted by Crippen LogP contribution is -2.23. The van der Waals surface area contributed by atoms with Gasteiger partial charge in [0.2, 0.25) is 0 Å². The molecule has 16 heavy (non-hydrogen) atoms. The first-order chi connectivity index (χ1) is 7.66. The Balaban J connectivity index is 2.04. The molecule has 1 aromatic rings. The normalized spacial score (nSPS) is 22.3. The molecule has 0 aromatic heterocycles. The molecule has 2 nitrogen and oxygen atoms in total. The molecule has 0 saturated carbocycles. The van der Waals surface area contributed by atoms with Crippen LogP contribution in [0.4, 0.5) is 4.39 Å². The standard InChI is InChI=1S/C12H14BrFO2/c13-11-2-1-10(14)5-9(11)6-12(15)8-3-4-16-7-8/h1-2,5,8,12,15H,3-4,6-7H2. The fraction of sp³-hybridized carbons (Fsp3) is 0.500. The highest BCUT2D eigenvalue weighted by Crippen LogP contribution is 2.24. The van der Waals surface area contributed by atoms with Gasteiger partial charge in [0.1, 0.15) is 5.82 Å². The van der Waals surface area contributed by atoms with Crippen LogP contribution in [0.15, 0.2) is 22.7 Å². The molecule has 1 heterocycles. The highest BCUT2D eigenvalue weighted by atomic mass is 79.9. The zero-order valence-electron chi connectivity index (χ0n) is 8.83. The summed E-state index contributed by atoms with van der Waals surface area (Å²) in [6.45, 7) is 1.32. The molecule has 1 saturated heterocycles. The van der Waals surface area contributed by atoms with Gasteiger partial charge in [0.05, 0.1) is 12.7 Å². The van der Waals surface area contributed by atoms with Crippen LogP contribution >= 0.6 is 15.9 Å². The fourth-order valence-electron chi connectivity index (χ4n) is 1.95. The predicted molar refractivity (Wildman–Crippen MR) is 62.7 cm³/mol. The van der Waals surface area contributed by atoms with Crippen LogP contribution in [0.25, 0.3) is 0 Å². The summed E-state index contributed by atoms with van der Waals surface area (Å²) in [5.74, 6) is -0.0942. The van der Waals surface area contributed by atoms with Gasteiger partial charge in [-0.2, -0.15) is 0 Å². The maximum atomic E-state index is 13.0. The Bertz CT molecular complexity index is 364. The summed E-state index contributed by atoms with van der Waals surface area (Å²) in [6.07, 6.45) is 0.890. The first-order valence-corrected chi connectivity index (χ1v) is 6.16. The lowest BCUT2D eigenvalue weighted by Gasteiger charge is -2.17. The number of rotatable bonds is 3.